The Kier molecular flexibility index (Phi) is 6.75. The highest BCUT2D eigenvalue weighted by molar-refractivity contribution is 7.13. The van der Waals surface area contributed by atoms with E-state index in [9.17, 15) is 23.6 Å². The molecule has 0 spiro atoms. The number of rotatable bonds is 7. The number of carbonyl (C=O) groups is 4. The van der Waals surface area contributed by atoms with Crippen LogP contribution in [0.2, 0.25) is 0 Å². The van der Waals surface area contributed by atoms with Crippen molar-refractivity contribution in [3.05, 3.63) is 94.4 Å². The maximum atomic E-state index is 13.9. The number of hydrogen-bond acceptors (Lipinski definition) is 8. The Bertz CT molecular complexity index is 1690. The van der Waals surface area contributed by atoms with Crippen molar-refractivity contribution in [1.29, 1.82) is 0 Å². The van der Waals surface area contributed by atoms with Crippen LogP contribution in [0, 0.1) is 5.82 Å². The molecular formula is C29H23FN6O4S. The van der Waals surface area contributed by atoms with Crippen LogP contribution >= 0.6 is 11.3 Å². The quantitative estimate of drug-likeness (QED) is 0.327. The second kappa shape index (κ2) is 10.5. The van der Waals surface area contributed by atoms with Gasteiger partial charge in [0.2, 0.25) is 5.91 Å². The number of thiophene rings is 1. The lowest BCUT2D eigenvalue weighted by Gasteiger charge is -2.27. The Balaban J connectivity index is 1.25. The molecule has 41 heavy (non-hydrogen) atoms. The number of benzene rings is 2. The van der Waals surface area contributed by atoms with E-state index in [1.54, 1.807) is 59.8 Å². The van der Waals surface area contributed by atoms with Crippen LogP contribution in [0.5, 0.6) is 0 Å². The topological polar surface area (TPSA) is 125 Å². The van der Waals surface area contributed by atoms with E-state index in [1.807, 2.05) is 0 Å². The number of likely N-dealkylation sites (N-methyl/N-ethyl adjacent to an activating group) is 1. The zero-order valence-electron chi connectivity index (χ0n) is 21.8. The molecule has 206 valence electrons. The minimum atomic E-state index is -0.692. The van der Waals surface area contributed by atoms with E-state index < -0.39 is 29.6 Å². The molecule has 0 aliphatic carbocycles. The summed E-state index contributed by atoms with van der Waals surface area (Å²) in [4.78, 5) is 63.5. The number of nitrogens with zero attached hydrogens (tertiary/aromatic N) is 4. The molecule has 0 radical (unpaired) electrons. The predicted molar refractivity (Wildman–Crippen MR) is 150 cm³/mol. The molecule has 0 saturated carbocycles. The van der Waals surface area contributed by atoms with E-state index >= 15 is 0 Å². The average Bonchev–Trinajstić information content (AvgIpc) is 3.53. The highest BCUT2D eigenvalue weighted by Gasteiger charge is 2.37. The van der Waals surface area contributed by atoms with Gasteiger partial charge in [-0.2, -0.15) is 0 Å². The van der Waals surface area contributed by atoms with Crippen LogP contribution in [0.3, 0.4) is 0 Å². The molecule has 2 aromatic heterocycles. The van der Waals surface area contributed by atoms with Crippen molar-refractivity contribution in [2.75, 3.05) is 30.4 Å². The second-order valence-electron chi connectivity index (χ2n) is 9.79. The summed E-state index contributed by atoms with van der Waals surface area (Å²) >= 11 is 1.31. The molecule has 0 bridgehead atoms. The number of hydrogen-bond donors (Lipinski definition) is 2. The van der Waals surface area contributed by atoms with Gasteiger partial charge in [0.25, 0.3) is 17.7 Å². The average molecular weight is 571 g/mol. The standard InChI is InChI=1S/C29H23FN6O4S/c1-35-13-23(37)34-26-25(35)24(31-15-32-26)22-11-17(14-41-22)27(38)33-19(10-16-5-4-6-18(30)9-16)12-36-28(39)20-7-2-3-8-21(20)29(36)40/h2-9,11,14-15,19H,10,12-13H2,1H3,(H,33,38)(H,31,32,34,37). The Morgan fingerprint density at radius 1 is 1.07 bits per heavy atom. The van der Waals surface area contributed by atoms with Gasteiger partial charge in [0, 0.05) is 19.0 Å². The van der Waals surface area contributed by atoms with E-state index in [1.165, 1.54) is 29.8 Å². The molecule has 6 rings (SSSR count). The molecule has 2 aliphatic heterocycles. The molecule has 12 heteroatoms. The molecule has 0 saturated heterocycles. The molecule has 10 nitrogen and oxygen atoms in total. The number of imide groups is 1. The lowest BCUT2D eigenvalue weighted by atomic mass is 10.0. The first kappa shape index (κ1) is 26.3. The van der Waals surface area contributed by atoms with Crippen molar-refractivity contribution in [1.82, 2.24) is 20.2 Å². The summed E-state index contributed by atoms with van der Waals surface area (Å²) < 4.78 is 13.9. The maximum Gasteiger partial charge on any atom is 0.261 e. The van der Waals surface area contributed by atoms with Gasteiger partial charge in [-0.15, -0.1) is 11.3 Å². The van der Waals surface area contributed by atoms with Crippen LogP contribution < -0.4 is 15.5 Å². The Morgan fingerprint density at radius 2 is 1.83 bits per heavy atom. The molecule has 1 unspecified atom stereocenters. The summed E-state index contributed by atoms with van der Waals surface area (Å²) in [6, 6.07) is 13.5. The molecule has 4 amide bonds. The fourth-order valence-electron chi connectivity index (χ4n) is 5.06. The van der Waals surface area contributed by atoms with Gasteiger partial charge >= 0.3 is 0 Å². The second-order valence-corrected chi connectivity index (χ2v) is 10.7. The minimum absolute atomic E-state index is 0.0878. The molecule has 1 atom stereocenters. The van der Waals surface area contributed by atoms with Crippen LogP contribution in [-0.2, 0) is 11.2 Å². The van der Waals surface area contributed by atoms with Crippen molar-refractivity contribution in [2.24, 2.45) is 0 Å². The number of carbonyl (C=O) groups excluding carboxylic acids is 4. The van der Waals surface area contributed by atoms with Crippen LogP contribution in [0.25, 0.3) is 10.6 Å². The Hall–Kier alpha value is -4.97. The fraction of sp³-hybridized carbons (Fsp3) is 0.172. The van der Waals surface area contributed by atoms with Crippen molar-refractivity contribution < 1.29 is 23.6 Å². The lowest BCUT2D eigenvalue weighted by Crippen LogP contribution is -2.46. The molecule has 2 aromatic carbocycles. The largest absolute Gasteiger partial charge is 0.360 e. The van der Waals surface area contributed by atoms with Gasteiger partial charge in [-0.25, -0.2) is 14.4 Å². The third-order valence-corrected chi connectivity index (χ3v) is 7.86. The SMILES string of the molecule is CN1CC(=O)Nc2ncnc(-c3cc(C(=O)NC(Cc4cccc(F)c4)CN4C(=O)c5ccccc5C4=O)cs3)c21. The Morgan fingerprint density at radius 3 is 2.56 bits per heavy atom. The van der Waals surface area contributed by atoms with Crippen LogP contribution in [0.4, 0.5) is 15.9 Å². The van der Waals surface area contributed by atoms with Gasteiger partial charge in [0.15, 0.2) is 5.82 Å². The highest BCUT2D eigenvalue weighted by atomic mass is 32.1. The first-order chi connectivity index (χ1) is 19.8. The third kappa shape index (κ3) is 5.05. The number of nitrogens with one attached hydrogen (secondary N) is 2. The first-order valence-corrected chi connectivity index (χ1v) is 13.6. The summed E-state index contributed by atoms with van der Waals surface area (Å²) in [5.74, 6) is -1.51. The van der Waals surface area contributed by atoms with Crippen LogP contribution in [-0.4, -0.2) is 64.7 Å². The predicted octanol–water partition coefficient (Wildman–Crippen LogP) is 3.37. The number of fused-ring (bicyclic) bond motifs is 2. The van der Waals surface area contributed by atoms with E-state index in [0.29, 0.717) is 44.3 Å². The van der Waals surface area contributed by atoms with Crippen LogP contribution in [0.15, 0.2) is 66.3 Å². The number of aromatic nitrogens is 2. The van der Waals surface area contributed by atoms with Gasteiger partial charge in [0.1, 0.15) is 23.5 Å². The number of amides is 4. The normalized spacial score (nSPS) is 14.9. The molecule has 4 heterocycles. The maximum absolute atomic E-state index is 13.9. The molecule has 4 aromatic rings. The third-order valence-electron chi connectivity index (χ3n) is 6.93. The smallest absolute Gasteiger partial charge is 0.261 e. The van der Waals surface area contributed by atoms with Crippen molar-refractivity contribution >= 4 is 46.5 Å². The van der Waals surface area contributed by atoms with E-state index in [0.717, 1.165) is 4.90 Å². The van der Waals surface area contributed by atoms with Crippen molar-refractivity contribution in [2.45, 2.75) is 12.5 Å². The van der Waals surface area contributed by atoms with E-state index in [2.05, 4.69) is 20.6 Å². The first-order valence-electron chi connectivity index (χ1n) is 12.7. The monoisotopic (exact) mass is 570 g/mol. The molecule has 0 fully saturated rings. The van der Waals surface area contributed by atoms with Gasteiger partial charge in [-0.1, -0.05) is 24.3 Å². The van der Waals surface area contributed by atoms with Gasteiger partial charge in [0.05, 0.1) is 34.2 Å². The van der Waals surface area contributed by atoms with Gasteiger partial charge in [-0.3, -0.25) is 24.1 Å². The highest BCUT2D eigenvalue weighted by Crippen LogP contribution is 2.38. The number of anilines is 2. The Labute approximate surface area is 237 Å². The zero-order valence-corrected chi connectivity index (χ0v) is 22.6. The van der Waals surface area contributed by atoms with Gasteiger partial charge in [-0.05, 0) is 42.3 Å². The van der Waals surface area contributed by atoms with Crippen LogP contribution in [0.1, 0.15) is 36.6 Å². The zero-order chi connectivity index (χ0) is 28.7. The summed E-state index contributed by atoms with van der Waals surface area (Å²) in [6.07, 6.45) is 1.54. The van der Waals surface area contributed by atoms with E-state index in [4.69, 9.17) is 0 Å². The summed E-state index contributed by atoms with van der Waals surface area (Å²) in [5, 5.41) is 7.36. The van der Waals surface area contributed by atoms with Crippen molar-refractivity contribution in [3.8, 4) is 10.6 Å². The minimum Gasteiger partial charge on any atom is -0.360 e. The lowest BCUT2D eigenvalue weighted by molar-refractivity contribution is -0.115. The molecular weight excluding hydrogens is 547 g/mol. The summed E-state index contributed by atoms with van der Waals surface area (Å²) in [6.45, 7) is 0.0567. The fourth-order valence-corrected chi connectivity index (χ4v) is 5.95. The summed E-state index contributed by atoms with van der Waals surface area (Å²) in [7, 11) is 1.77. The molecule has 2 N–H and O–H groups in total. The molecule has 2 aliphatic rings. The van der Waals surface area contributed by atoms with Gasteiger partial charge < -0.3 is 15.5 Å². The number of halogens is 1. The summed E-state index contributed by atoms with van der Waals surface area (Å²) in [5.41, 5.74) is 2.80. The van der Waals surface area contributed by atoms with E-state index in [-0.39, 0.29) is 25.4 Å². The van der Waals surface area contributed by atoms with Crippen molar-refractivity contribution in [3.63, 3.8) is 0 Å².